The number of piperidine rings is 1. The summed E-state index contributed by atoms with van der Waals surface area (Å²) < 4.78 is 30.7. The van der Waals surface area contributed by atoms with Gasteiger partial charge in [0.25, 0.3) is 0 Å². The summed E-state index contributed by atoms with van der Waals surface area (Å²) in [5.74, 6) is 1.16. The Kier molecular flexibility index (Phi) is 6.89. The molecular weight excluding hydrogens is 390 g/mol. The van der Waals surface area contributed by atoms with Gasteiger partial charge in [-0.25, -0.2) is 12.7 Å². The molecule has 1 heterocycles. The number of nitrogens with one attached hydrogen (secondary N) is 1. The van der Waals surface area contributed by atoms with Crippen LogP contribution in [0.2, 0.25) is 0 Å². The Balaban J connectivity index is 1.54. The van der Waals surface area contributed by atoms with Crippen LogP contribution < -0.4 is 10.1 Å². The van der Waals surface area contributed by atoms with Gasteiger partial charge in [0, 0.05) is 26.2 Å². The van der Waals surface area contributed by atoms with Crippen LogP contribution in [0.3, 0.4) is 0 Å². The minimum atomic E-state index is -3.19. The van der Waals surface area contributed by atoms with Crippen molar-refractivity contribution in [3.8, 4) is 11.5 Å². The quantitative estimate of drug-likeness (QED) is 0.749. The molecule has 0 radical (unpaired) electrons. The van der Waals surface area contributed by atoms with Crippen molar-refractivity contribution in [1.82, 2.24) is 9.21 Å². The highest BCUT2D eigenvalue weighted by atomic mass is 32.2. The van der Waals surface area contributed by atoms with Gasteiger partial charge < -0.3 is 10.1 Å². The molecule has 0 aliphatic carbocycles. The largest absolute Gasteiger partial charge is 0.455 e. The molecule has 3 rings (SSSR count). The SMILES string of the molecule is CN(C1CCN(CC(=O)Nc2ccccc2Oc2ccccc2)CC1)S(C)(=O)=O. The van der Waals surface area contributed by atoms with Crippen molar-refractivity contribution >= 4 is 21.6 Å². The average molecular weight is 418 g/mol. The molecule has 156 valence electrons. The first-order chi connectivity index (χ1) is 13.8. The lowest BCUT2D eigenvalue weighted by Gasteiger charge is -2.35. The van der Waals surface area contributed by atoms with Crippen LogP contribution in [0.25, 0.3) is 0 Å². The number of hydrogen-bond donors (Lipinski definition) is 1. The summed E-state index contributed by atoms with van der Waals surface area (Å²) in [6.07, 6.45) is 2.65. The maximum absolute atomic E-state index is 12.5. The Labute approximate surface area is 172 Å². The van der Waals surface area contributed by atoms with Crippen molar-refractivity contribution in [1.29, 1.82) is 0 Å². The number of benzene rings is 2. The van der Waals surface area contributed by atoms with Gasteiger partial charge >= 0.3 is 0 Å². The molecule has 2 aromatic carbocycles. The van der Waals surface area contributed by atoms with Crippen molar-refractivity contribution < 1.29 is 17.9 Å². The third-order valence-electron chi connectivity index (χ3n) is 5.09. The van der Waals surface area contributed by atoms with Gasteiger partial charge in [-0.15, -0.1) is 0 Å². The Morgan fingerprint density at radius 1 is 1.10 bits per heavy atom. The Morgan fingerprint density at radius 3 is 2.38 bits per heavy atom. The highest BCUT2D eigenvalue weighted by molar-refractivity contribution is 7.88. The fourth-order valence-electron chi connectivity index (χ4n) is 3.38. The molecule has 0 spiro atoms. The standard InChI is InChI=1S/C21H27N3O4S/c1-23(29(2,26)27)17-12-14-24(15-13-17)16-21(25)22-19-10-6-7-11-20(19)28-18-8-4-3-5-9-18/h3-11,17H,12-16H2,1-2H3,(H,22,25). The second-order valence-electron chi connectivity index (χ2n) is 7.25. The molecule has 0 unspecified atom stereocenters. The van der Waals surface area contributed by atoms with Gasteiger partial charge in [0.2, 0.25) is 15.9 Å². The van der Waals surface area contributed by atoms with E-state index in [1.807, 2.05) is 59.5 Å². The van der Waals surface area contributed by atoms with Crippen LogP contribution in [0.1, 0.15) is 12.8 Å². The van der Waals surface area contributed by atoms with E-state index in [1.54, 1.807) is 7.05 Å². The van der Waals surface area contributed by atoms with Crippen LogP contribution in [0.5, 0.6) is 11.5 Å². The molecule has 1 amide bonds. The first-order valence-electron chi connectivity index (χ1n) is 9.60. The van der Waals surface area contributed by atoms with Gasteiger partial charge in [-0.05, 0) is 37.1 Å². The summed E-state index contributed by atoms with van der Waals surface area (Å²) in [7, 11) is -1.58. The van der Waals surface area contributed by atoms with Gasteiger partial charge in [-0.3, -0.25) is 9.69 Å². The summed E-state index contributed by atoms with van der Waals surface area (Å²) >= 11 is 0. The predicted molar refractivity (Wildman–Crippen MR) is 114 cm³/mol. The zero-order valence-corrected chi connectivity index (χ0v) is 17.6. The number of likely N-dealkylation sites (tertiary alicyclic amines) is 1. The third kappa shape index (κ3) is 6.03. The molecule has 29 heavy (non-hydrogen) atoms. The van der Waals surface area contributed by atoms with Crippen LogP contribution in [0.15, 0.2) is 54.6 Å². The number of sulfonamides is 1. The van der Waals surface area contributed by atoms with Crippen LogP contribution in [-0.4, -0.2) is 62.5 Å². The zero-order chi connectivity index (χ0) is 20.9. The zero-order valence-electron chi connectivity index (χ0n) is 16.7. The minimum Gasteiger partial charge on any atom is -0.455 e. The van der Waals surface area contributed by atoms with Gasteiger partial charge in [-0.1, -0.05) is 30.3 Å². The van der Waals surface area contributed by atoms with Gasteiger partial charge in [-0.2, -0.15) is 0 Å². The van der Waals surface area contributed by atoms with E-state index in [1.165, 1.54) is 10.6 Å². The second-order valence-corrected chi connectivity index (χ2v) is 9.29. The number of ether oxygens (including phenoxy) is 1. The average Bonchev–Trinajstić information content (AvgIpc) is 2.69. The van der Waals surface area contributed by atoms with Crippen LogP contribution in [0.4, 0.5) is 5.69 Å². The molecule has 1 fully saturated rings. The Bertz CT molecular complexity index is 926. The maximum Gasteiger partial charge on any atom is 0.238 e. The van der Waals surface area contributed by atoms with Crippen LogP contribution >= 0.6 is 0 Å². The highest BCUT2D eigenvalue weighted by Gasteiger charge is 2.27. The number of anilines is 1. The number of hydrogen-bond acceptors (Lipinski definition) is 5. The monoisotopic (exact) mass is 417 g/mol. The van der Waals surface area contributed by atoms with Crippen molar-refractivity contribution in [3.63, 3.8) is 0 Å². The molecule has 8 heteroatoms. The number of carbonyl (C=O) groups excluding carboxylic acids is 1. The Hall–Kier alpha value is -2.42. The van der Waals surface area contributed by atoms with E-state index in [0.717, 1.165) is 0 Å². The number of amides is 1. The lowest BCUT2D eigenvalue weighted by atomic mass is 10.1. The van der Waals surface area contributed by atoms with E-state index in [9.17, 15) is 13.2 Å². The summed E-state index contributed by atoms with van der Waals surface area (Å²) in [6.45, 7) is 1.62. The highest BCUT2D eigenvalue weighted by Crippen LogP contribution is 2.29. The summed E-state index contributed by atoms with van der Waals surface area (Å²) in [4.78, 5) is 14.6. The van der Waals surface area contributed by atoms with Crippen molar-refractivity contribution in [2.45, 2.75) is 18.9 Å². The predicted octanol–water partition coefficient (Wildman–Crippen LogP) is 2.77. The van der Waals surface area contributed by atoms with Crippen molar-refractivity contribution in [3.05, 3.63) is 54.6 Å². The molecule has 1 aliphatic heterocycles. The van der Waals surface area contributed by atoms with Crippen molar-refractivity contribution in [2.75, 3.05) is 38.3 Å². The van der Waals surface area contributed by atoms with E-state index >= 15 is 0 Å². The van der Waals surface area contributed by atoms with Gasteiger partial charge in [0.05, 0.1) is 18.5 Å². The first-order valence-corrected chi connectivity index (χ1v) is 11.4. The molecule has 2 aromatic rings. The fraction of sp³-hybridized carbons (Fsp3) is 0.381. The summed E-state index contributed by atoms with van der Waals surface area (Å²) in [6, 6.07) is 16.7. The van der Waals surface area contributed by atoms with E-state index in [-0.39, 0.29) is 18.5 Å². The molecule has 0 saturated carbocycles. The molecule has 0 atom stereocenters. The molecule has 0 bridgehead atoms. The van der Waals surface area contributed by atoms with Crippen LogP contribution in [0, 0.1) is 0 Å². The molecule has 1 N–H and O–H groups in total. The lowest BCUT2D eigenvalue weighted by Crippen LogP contribution is -2.47. The van der Waals surface area contributed by atoms with E-state index in [4.69, 9.17) is 4.74 Å². The van der Waals surface area contributed by atoms with E-state index < -0.39 is 10.0 Å². The van der Waals surface area contributed by atoms with E-state index in [0.29, 0.717) is 43.1 Å². The third-order valence-corrected chi connectivity index (χ3v) is 6.44. The van der Waals surface area contributed by atoms with Crippen LogP contribution in [-0.2, 0) is 14.8 Å². The molecule has 0 aromatic heterocycles. The number of nitrogens with zero attached hydrogens (tertiary/aromatic N) is 2. The smallest absolute Gasteiger partial charge is 0.238 e. The fourth-order valence-corrected chi connectivity index (χ4v) is 4.13. The lowest BCUT2D eigenvalue weighted by molar-refractivity contribution is -0.117. The summed E-state index contributed by atoms with van der Waals surface area (Å²) in [5, 5.41) is 2.92. The maximum atomic E-state index is 12.5. The number of rotatable bonds is 7. The van der Waals surface area contributed by atoms with Gasteiger partial charge in [0.1, 0.15) is 5.75 Å². The molecule has 1 aliphatic rings. The van der Waals surface area contributed by atoms with E-state index in [2.05, 4.69) is 5.32 Å². The Morgan fingerprint density at radius 2 is 1.72 bits per heavy atom. The second kappa shape index (κ2) is 9.39. The minimum absolute atomic E-state index is 0.00990. The molecule has 7 nitrogen and oxygen atoms in total. The number of carbonyl (C=O) groups is 1. The molecule has 1 saturated heterocycles. The molecular formula is C21H27N3O4S. The summed E-state index contributed by atoms with van der Waals surface area (Å²) in [5.41, 5.74) is 0.619. The first kappa shape index (κ1) is 21.3. The normalized spacial score (nSPS) is 16.0. The van der Waals surface area contributed by atoms with Crippen molar-refractivity contribution in [2.24, 2.45) is 0 Å². The topological polar surface area (TPSA) is 79.0 Å². The van der Waals surface area contributed by atoms with Gasteiger partial charge in [0.15, 0.2) is 5.75 Å². The number of para-hydroxylation sites is 3.